The summed E-state index contributed by atoms with van der Waals surface area (Å²) in [6, 6.07) is 1.40. The molecule has 7 heteroatoms. The van der Waals surface area contributed by atoms with Gasteiger partial charge in [0.15, 0.2) is 0 Å². The number of piperidine rings is 1. The van der Waals surface area contributed by atoms with Gasteiger partial charge in [-0.2, -0.15) is 0 Å². The van der Waals surface area contributed by atoms with Gasteiger partial charge in [-0.3, -0.25) is 14.4 Å². The second-order valence-electron chi connectivity index (χ2n) is 5.63. The molecule has 0 aromatic carbocycles. The molecule has 22 heavy (non-hydrogen) atoms. The Bertz CT molecular complexity index is 611. The Hall–Kier alpha value is -2.18. The van der Waals surface area contributed by atoms with Gasteiger partial charge in [0.1, 0.15) is 5.82 Å². The molecular weight excluding hydrogens is 284 g/mol. The summed E-state index contributed by atoms with van der Waals surface area (Å²) in [6.07, 6.45) is 1.87. The van der Waals surface area contributed by atoms with Gasteiger partial charge in [-0.05, 0) is 19.8 Å². The molecule has 1 aliphatic heterocycles. The summed E-state index contributed by atoms with van der Waals surface area (Å²) in [4.78, 5) is 43.9. The van der Waals surface area contributed by atoms with Crippen LogP contribution in [0.2, 0.25) is 0 Å². The average Bonchev–Trinajstić information content (AvgIpc) is 2.46. The Labute approximate surface area is 129 Å². The van der Waals surface area contributed by atoms with E-state index in [-0.39, 0.29) is 29.8 Å². The van der Waals surface area contributed by atoms with Crippen LogP contribution in [0, 0.1) is 12.8 Å². The van der Waals surface area contributed by atoms with Crippen molar-refractivity contribution in [3.63, 3.8) is 0 Å². The maximum atomic E-state index is 12.2. The lowest BCUT2D eigenvalue weighted by molar-refractivity contribution is -0.138. The van der Waals surface area contributed by atoms with Gasteiger partial charge in [-0.1, -0.05) is 6.92 Å². The van der Waals surface area contributed by atoms with E-state index < -0.39 is 0 Å². The quantitative estimate of drug-likeness (QED) is 0.820. The van der Waals surface area contributed by atoms with Crippen LogP contribution in [0.5, 0.6) is 0 Å². The number of likely N-dealkylation sites (tertiary alicyclic amines) is 1. The molecule has 0 saturated carbocycles. The molecule has 1 aliphatic rings. The molecule has 0 unspecified atom stereocenters. The standard InChI is InChI=1S/C15H22N4O3/c1-3-6-19-9-11(4-5-14(19)21)15(22)16-8-12-17-10(2)7-13(20)18-12/h7,11H,3-6,8-9H2,1-2H3,(H,16,22)(H,17,18,20)/t11-/m0/s1. The number of amides is 2. The van der Waals surface area contributed by atoms with Crippen molar-refractivity contribution in [3.8, 4) is 0 Å². The van der Waals surface area contributed by atoms with Crippen LogP contribution in [0.15, 0.2) is 10.9 Å². The maximum Gasteiger partial charge on any atom is 0.251 e. The molecule has 120 valence electrons. The molecule has 0 aliphatic carbocycles. The van der Waals surface area contributed by atoms with Crippen LogP contribution in [0.3, 0.4) is 0 Å². The number of rotatable bonds is 5. The normalized spacial score (nSPS) is 18.4. The molecule has 1 fully saturated rings. The highest BCUT2D eigenvalue weighted by Crippen LogP contribution is 2.18. The van der Waals surface area contributed by atoms with E-state index in [4.69, 9.17) is 0 Å². The smallest absolute Gasteiger partial charge is 0.251 e. The number of carbonyl (C=O) groups excluding carboxylic acids is 2. The van der Waals surface area contributed by atoms with E-state index >= 15 is 0 Å². The first-order chi connectivity index (χ1) is 10.5. The predicted molar refractivity (Wildman–Crippen MR) is 81.0 cm³/mol. The number of nitrogens with one attached hydrogen (secondary N) is 2. The molecule has 1 aromatic rings. The minimum Gasteiger partial charge on any atom is -0.349 e. The fourth-order valence-electron chi connectivity index (χ4n) is 2.65. The third kappa shape index (κ3) is 4.16. The zero-order valence-corrected chi connectivity index (χ0v) is 13.0. The number of carbonyl (C=O) groups is 2. The summed E-state index contributed by atoms with van der Waals surface area (Å²) < 4.78 is 0. The Balaban J connectivity index is 1.91. The Morgan fingerprint density at radius 2 is 2.27 bits per heavy atom. The highest BCUT2D eigenvalue weighted by atomic mass is 16.2. The van der Waals surface area contributed by atoms with Crippen LogP contribution in [-0.4, -0.2) is 39.8 Å². The lowest BCUT2D eigenvalue weighted by Gasteiger charge is -2.31. The van der Waals surface area contributed by atoms with Crippen LogP contribution >= 0.6 is 0 Å². The van der Waals surface area contributed by atoms with Gasteiger partial charge < -0.3 is 15.2 Å². The first kappa shape index (κ1) is 16.2. The van der Waals surface area contributed by atoms with Crippen molar-refractivity contribution in [2.75, 3.05) is 13.1 Å². The second-order valence-corrected chi connectivity index (χ2v) is 5.63. The van der Waals surface area contributed by atoms with Gasteiger partial charge in [-0.25, -0.2) is 4.98 Å². The van der Waals surface area contributed by atoms with E-state index in [9.17, 15) is 14.4 Å². The zero-order chi connectivity index (χ0) is 16.1. The largest absolute Gasteiger partial charge is 0.349 e. The first-order valence-corrected chi connectivity index (χ1v) is 7.62. The number of aryl methyl sites for hydroxylation is 1. The molecule has 0 radical (unpaired) electrons. The topological polar surface area (TPSA) is 95.2 Å². The van der Waals surface area contributed by atoms with Crippen molar-refractivity contribution in [1.29, 1.82) is 0 Å². The Kier molecular flexibility index (Phi) is 5.30. The molecule has 2 amide bonds. The van der Waals surface area contributed by atoms with Gasteiger partial charge >= 0.3 is 0 Å². The predicted octanol–water partition coefficient (Wildman–Crippen LogP) is 0.343. The maximum absolute atomic E-state index is 12.2. The lowest BCUT2D eigenvalue weighted by atomic mass is 9.96. The highest BCUT2D eigenvalue weighted by Gasteiger charge is 2.29. The van der Waals surface area contributed by atoms with Crippen molar-refractivity contribution in [2.24, 2.45) is 5.92 Å². The van der Waals surface area contributed by atoms with E-state index in [1.54, 1.807) is 11.8 Å². The summed E-state index contributed by atoms with van der Waals surface area (Å²) >= 11 is 0. The number of hydrogen-bond acceptors (Lipinski definition) is 4. The zero-order valence-electron chi connectivity index (χ0n) is 13.0. The third-order valence-corrected chi connectivity index (χ3v) is 3.71. The number of H-pyrrole nitrogens is 1. The molecule has 7 nitrogen and oxygen atoms in total. The molecule has 0 spiro atoms. The van der Waals surface area contributed by atoms with Crippen molar-refractivity contribution >= 4 is 11.8 Å². The first-order valence-electron chi connectivity index (χ1n) is 7.62. The van der Waals surface area contributed by atoms with Gasteiger partial charge in [0, 0.05) is 31.3 Å². The molecule has 0 bridgehead atoms. The van der Waals surface area contributed by atoms with Gasteiger partial charge in [0.25, 0.3) is 5.56 Å². The van der Waals surface area contributed by atoms with Crippen LogP contribution in [0.1, 0.15) is 37.7 Å². The molecule has 1 saturated heterocycles. The molecular formula is C15H22N4O3. The second kappa shape index (κ2) is 7.20. The van der Waals surface area contributed by atoms with Crippen LogP contribution in [-0.2, 0) is 16.1 Å². The van der Waals surface area contributed by atoms with E-state index in [2.05, 4.69) is 15.3 Å². The van der Waals surface area contributed by atoms with Crippen molar-refractivity contribution in [1.82, 2.24) is 20.2 Å². The number of nitrogens with zero attached hydrogens (tertiary/aromatic N) is 2. The summed E-state index contributed by atoms with van der Waals surface area (Å²) in [6.45, 7) is 5.09. The van der Waals surface area contributed by atoms with E-state index in [0.29, 0.717) is 37.4 Å². The lowest BCUT2D eigenvalue weighted by Crippen LogP contribution is -2.46. The van der Waals surface area contributed by atoms with Gasteiger partial charge in [-0.15, -0.1) is 0 Å². The number of aromatic nitrogens is 2. The molecule has 1 aromatic heterocycles. The van der Waals surface area contributed by atoms with Crippen LogP contribution in [0.25, 0.3) is 0 Å². The Morgan fingerprint density at radius 3 is 2.95 bits per heavy atom. The van der Waals surface area contributed by atoms with E-state index in [1.807, 2.05) is 6.92 Å². The molecule has 2 N–H and O–H groups in total. The van der Waals surface area contributed by atoms with E-state index in [1.165, 1.54) is 6.07 Å². The molecule has 2 rings (SSSR count). The minimum atomic E-state index is -0.228. The molecule has 2 heterocycles. The summed E-state index contributed by atoms with van der Waals surface area (Å²) in [5.41, 5.74) is 0.388. The summed E-state index contributed by atoms with van der Waals surface area (Å²) in [5, 5.41) is 2.79. The highest BCUT2D eigenvalue weighted by molar-refractivity contribution is 5.83. The van der Waals surface area contributed by atoms with Gasteiger partial charge in [0.2, 0.25) is 11.8 Å². The number of aromatic amines is 1. The van der Waals surface area contributed by atoms with Crippen LogP contribution in [0.4, 0.5) is 0 Å². The Morgan fingerprint density at radius 1 is 1.50 bits per heavy atom. The fraction of sp³-hybridized carbons (Fsp3) is 0.600. The fourth-order valence-corrected chi connectivity index (χ4v) is 2.65. The van der Waals surface area contributed by atoms with Crippen molar-refractivity contribution in [2.45, 2.75) is 39.7 Å². The van der Waals surface area contributed by atoms with Gasteiger partial charge in [0.05, 0.1) is 12.5 Å². The average molecular weight is 306 g/mol. The van der Waals surface area contributed by atoms with Crippen molar-refractivity contribution < 1.29 is 9.59 Å². The SMILES string of the molecule is CCCN1C[C@@H](C(=O)NCc2nc(C)cc(=O)[nH]2)CCC1=O. The third-order valence-electron chi connectivity index (χ3n) is 3.71. The molecule has 1 atom stereocenters. The number of hydrogen-bond donors (Lipinski definition) is 2. The summed E-state index contributed by atoms with van der Waals surface area (Å²) in [7, 11) is 0. The van der Waals surface area contributed by atoms with E-state index in [0.717, 1.165) is 6.42 Å². The summed E-state index contributed by atoms with van der Waals surface area (Å²) in [5.74, 6) is 0.268. The van der Waals surface area contributed by atoms with Crippen LogP contribution < -0.4 is 10.9 Å². The van der Waals surface area contributed by atoms with Crippen molar-refractivity contribution in [3.05, 3.63) is 27.9 Å². The minimum absolute atomic E-state index is 0.0993. The monoisotopic (exact) mass is 306 g/mol.